The second-order valence-electron chi connectivity index (χ2n) is 9.65. The molecule has 2 amide bonds. The molecule has 2 aliphatic rings. The van der Waals surface area contributed by atoms with E-state index in [0.29, 0.717) is 12.5 Å². The van der Waals surface area contributed by atoms with E-state index in [4.69, 9.17) is 4.74 Å². The molecule has 7 nitrogen and oxygen atoms in total. The number of carboxylic acids is 1. The molecule has 4 rings (SSSR count). The molecule has 0 radical (unpaired) electrons. The second-order valence-corrected chi connectivity index (χ2v) is 9.65. The van der Waals surface area contributed by atoms with Gasteiger partial charge in [0, 0.05) is 24.9 Å². The summed E-state index contributed by atoms with van der Waals surface area (Å²) < 4.78 is 5.62. The fourth-order valence-corrected chi connectivity index (χ4v) is 5.33. The number of piperidine rings is 1. The number of rotatable bonds is 8. The van der Waals surface area contributed by atoms with E-state index in [1.54, 1.807) is 4.90 Å². The standard InChI is InChI=1S/C28H34N2O5/c1-3-19-13-12-18(2)30(16-19)27(33)25(14-15-26(31)32)29-28(34)35-17-24-22-10-6-4-8-20(22)21-9-5-7-11-23(21)24/h4-11,18-19,24-25H,3,12-17H2,1-2H3,(H,29,34)(H,31,32)/t18-,19-,25?/m1/s1. The van der Waals surface area contributed by atoms with Gasteiger partial charge in [-0.1, -0.05) is 61.9 Å². The number of carbonyl (C=O) groups is 3. The smallest absolute Gasteiger partial charge is 0.407 e. The summed E-state index contributed by atoms with van der Waals surface area (Å²) in [5, 5.41) is 11.9. The van der Waals surface area contributed by atoms with Gasteiger partial charge < -0.3 is 20.1 Å². The second kappa shape index (κ2) is 10.9. The van der Waals surface area contributed by atoms with Crippen LogP contribution >= 0.6 is 0 Å². The highest BCUT2D eigenvalue weighted by Crippen LogP contribution is 2.44. The molecule has 1 heterocycles. The highest BCUT2D eigenvalue weighted by Gasteiger charge is 2.34. The summed E-state index contributed by atoms with van der Waals surface area (Å²) in [7, 11) is 0. The van der Waals surface area contributed by atoms with E-state index >= 15 is 0 Å². The summed E-state index contributed by atoms with van der Waals surface area (Å²) in [5.74, 6) is -0.904. The first kappa shape index (κ1) is 24.8. The molecule has 2 aromatic carbocycles. The van der Waals surface area contributed by atoms with E-state index in [2.05, 4.69) is 24.4 Å². The molecule has 7 heteroatoms. The number of aliphatic carboxylic acids is 1. The van der Waals surface area contributed by atoms with E-state index in [0.717, 1.165) is 41.5 Å². The van der Waals surface area contributed by atoms with Crippen LogP contribution in [0, 0.1) is 5.92 Å². The minimum Gasteiger partial charge on any atom is -0.481 e. The number of ether oxygens (including phenoxy) is 1. The molecule has 0 saturated carbocycles. The Labute approximate surface area is 206 Å². The molecule has 0 spiro atoms. The monoisotopic (exact) mass is 478 g/mol. The Morgan fingerprint density at radius 3 is 2.29 bits per heavy atom. The first-order valence-electron chi connectivity index (χ1n) is 12.5. The molecule has 0 aromatic heterocycles. The minimum atomic E-state index is -1.00. The molecule has 186 valence electrons. The molecule has 0 bridgehead atoms. The van der Waals surface area contributed by atoms with Crippen molar-refractivity contribution in [2.24, 2.45) is 5.92 Å². The maximum atomic E-state index is 13.4. The number of fused-ring (bicyclic) bond motifs is 3. The van der Waals surface area contributed by atoms with Crippen molar-refractivity contribution in [3.63, 3.8) is 0 Å². The van der Waals surface area contributed by atoms with Crippen molar-refractivity contribution >= 4 is 18.0 Å². The third kappa shape index (κ3) is 5.50. The Kier molecular flexibility index (Phi) is 7.73. The van der Waals surface area contributed by atoms with Gasteiger partial charge in [0.1, 0.15) is 12.6 Å². The summed E-state index contributed by atoms with van der Waals surface area (Å²) in [6, 6.07) is 15.3. The Morgan fingerprint density at radius 1 is 1.06 bits per heavy atom. The van der Waals surface area contributed by atoms with Crippen LogP contribution in [0.1, 0.15) is 63.0 Å². The third-order valence-corrected chi connectivity index (χ3v) is 7.42. The summed E-state index contributed by atoms with van der Waals surface area (Å²) in [6.07, 6.45) is 2.07. The average Bonchev–Trinajstić information content (AvgIpc) is 3.18. The number of likely N-dealkylation sites (tertiary alicyclic amines) is 1. The fraction of sp³-hybridized carbons (Fsp3) is 0.464. The van der Waals surface area contributed by atoms with Crippen molar-refractivity contribution in [1.29, 1.82) is 0 Å². The number of nitrogens with one attached hydrogen (secondary N) is 1. The molecule has 2 aromatic rings. The summed E-state index contributed by atoms with van der Waals surface area (Å²) in [6.45, 7) is 4.88. The molecule has 3 atom stereocenters. The number of carboxylic acid groups (broad SMARTS) is 1. The van der Waals surface area contributed by atoms with Crippen LogP contribution in [-0.2, 0) is 14.3 Å². The molecule has 1 fully saturated rings. The van der Waals surface area contributed by atoms with Crippen molar-refractivity contribution in [3.05, 3.63) is 59.7 Å². The molecule has 1 saturated heterocycles. The van der Waals surface area contributed by atoms with Gasteiger partial charge in [-0.05, 0) is 54.4 Å². The molecular formula is C28H34N2O5. The number of amides is 2. The normalized spacial score (nSPS) is 20.0. The van der Waals surface area contributed by atoms with Gasteiger partial charge in [-0.2, -0.15) is 0 Å². The maximum absolute atomic E-state index is 13.4. The van der Waals surface area contributed by atoms with Gasteiger partial charge in [0.05, 0.1) is 0 Å². The molecular weight excluding hydrogens is 444 g/mol. The van der Waals surface area contributed by atoms with Gasteiger partial charge in [-0.25, -0.2) is 4.79 Å². The quantitative estimate of drug-likeness (QED) is 0.568. The van der Waals surface area contributed by atoms with Crippen molar-refractivity contribution in [2.75, 3.05) is 13.2 Å². The first-order valence-corrected chi connectivity index (χ1v) is 12.5. The highest BCUT2D eigenvalue weighted by atomic mass is 16.5. The van der Waals surface area contributed by atoms with Gasteiger partial charge in [-0.3, -0.25) is 9.59 Å². The average molecular weight is 479 g/mol. The summed E-state index contributed by atoms with van der Waals surface area (Å²) in [4.78, 5) is 39.2. The van der Waals surface area contributed by atoms with Crippen LogP contribution in [0.3, 0.4) is 0 Å². The summed E-state index contributed by atoms with van der Waals surface area (Å²) >= 11 is 0. The number of hydrogen-bond donors (Lipinski definition) is 2. The number of alkyl carbamates (subject to hydrolysis) is 1. The molecule has 1 unspecified atom stereocenters. The molecule has 1 aliphatic heterocycles. The van der Waals surface area contributed by atoms with Crippen molar-refractivity contribution in [2.45, 2.75) is 64.0 Å². The number of hydrogen-bond acceptors (Lipinski definition) is 4. The highest BCUT2D eigenvalue weighted by molar-refractivity contribution is 5.86. The fourth-order valence-electron chi connectivity index (χ4n) is 5.33. The zero-order valence-corrected chi connectivity index (χ0v) is 20.4. The van der Waals surface area contributed by atoms with E-state index in [-0.39, 0.29) is 37.3 Å². The van der Waals surface area contributed by atoms with E-state index in [1.165, 1.54) is 0 Å². The van der Waals surface area contributed by atoms with Crippen LogP contribution in [0.25, 0.3) is 11.1 Å². The van der Waals surface area contributed by atoms with Crippen molar-refractivity contribution < 1.29 is 24.2 Å². The van der Waals surface area contributed by atoms with E-state index in [1.807, 2.05) is 43.3 Å². The van der Waals surface area contributed by atoms with Gasteiger partial charge in [0.25, 0.3) is 0 Å². The van der Waals surface area contributed by atoms with Crippen LogP contribution in [0.2, 0.25) is 0 Å². The minimum absolute atomic E-state index is 0.0262. The number of carbonyl (C=O) groups excluding carboxylic acids is 2. The molecule has 2 N–H and O–H groups in total. The number of benzene rings is 2. The lowest BCUT2D eigenvalue weighted by Crippen LogP contribution is -2.54. The summed E-state index contributed by atoms with van der Waals surface area (Å²) in [5.41, 5.74) is 4.48. The predicted molar refractivity (Wildman–Crippen MR) is 133 cm³/mol. The maximum Gasteiger partial charge on any atom is 0.407 e. The zero-order chi connectivity index (χ0) is 24.9. The largest absolute Gasteiger partial charge is 0.481 e. The van der Waals surface area contributed by atoms with Crippen molar-refractivity contribution in [1.82, 2.24) is 10.2 Å². The van der Waals surface area contributed by atoms with E-state index < -0.39 is 18.1 Å². The first-order chi connectivity index (χ1) is 16.9. The van der Waals surface area contributed by atoms with Crippen LogP contribution in [0.4, 0.5) is 4.79 Å². The van der Waals surface area contributed by atoms with E-state index in [9.17, 15) is 19.5 Å². The van der Waals surface area contributed by atoms with Gasteiger partial charge in [0.15, 0.2) is 0 Å². The van der Waals surface area contributed by atoms with Gasteiger partial charge in [0.2, 0.25) is 5.91 Å². The third-order valence-electron chi connectivity index (χ3n) is 7.42. The van der Waals surface area contributed by atoms with Gasteiger partial charge >= 0.3 is 12.1 Å². The predicted octanol–water partition coefficient (Wildman–Crippen LogP) is 4.80. The van der Waals surface area contributed by atoms with Crippen LogP contribution in [-0.4, -0.2) is 53.2 Å². The Balaban J connectivity index is 1.44. The number of nitrogens with zero attached hydrogens (tertiary/aromatic N) is 1. The molecule has 1 aliphatic carbocycles. The van der Waals surface area contributed by atoms with Crippen molar-refractivity contribution in [3.8, 4) is 11.1 Å². The Bertz CT molecular complexity index is 1040. The SMILES string of the molecule is CC[C@@H]1CC[C@@H](C)N(C(=O)C(CCC(=O)O)NC(=O)OCC2c3ccccc3-c3ccccc32)C1. The lowest BCUT2D eigenvalue weighted by atomic mass is 9.91. The lowest BCUT2D eigenvalue weighted by molar-refractivity contribution is -0.139. The Morgan fingerprint density at radius 2 is 1.69 bits per heavy atom. The zero-order valence-electron chi connectivity index (χ0n) is 20.4. The lowest BCUT2D eigenvalue weighted by Gasteiger charge is -2.39. The van der Waals surface area contributed by atoms with Crippen LogP contribution < -0.4 is 5.32 Å². The topological polar surface area (TPSA) is 95.9 Å². The molecule has 35 heavy (non-hydrogen) atoms. The van der Waals surface area contributed by atoms with Crippen LogP contribution in [0.5, 0.6) is 0 Å². The van der Waals surface area contributed by atoms with Crippen LogP contribution in [0.15, 0.2) is 48.5 Å². The Hall–Kier alpha value is -3.35. The van der Waals surface area contributed by atoms with Gasteiger partial charge in [-0.15, -0.1) is 0 Å².